The lowest BCUT2D eigenvalue weighted by atomic mass is 10.0. The molecule has 3 aromatic rings. The molecule has 1 N–H and O–H groups in total. The molecule has 1 heterocycles. The van der Waals surface area contributed by atoms with Gasteiger partial charge in [-0.1, -0.05) is 18.2 Å². The maximum Gasteiger partial charge on any atom is 0.203 e. The molecule has 0 bridgehead atoms. The van der Waals surface area contributed by atoms with E-state index in [0.29, 0.717) is 34.1 Å². The number of para-hydroxylation sites is 1. The third kappa shape index (κ3) is 3.77. The number of nitrogens with one attached hydrogen (secondary N) is 1. The lowest BCUT2D eigenvalue weighted by molar-refractivity contribution is 0.324. The fraction of sp³-hybridized carbons (Fsp3) is 0.190. The summed E-state index contributed by atoms with van der Waals surface area (Å²) in [6.07, 6.45) is 2.39. The van der Waals surface area contributed by atoms with E-state index in [1.165, 1.54) is 27.4 Å². The second-order valence-corrected chi connectivity index (χ2v) is 8.25. The Morgan fingerprint density at radius 2 is 1.69 bits per heavy atom. The Kier molecular flexibility index (Phi) is 5.52. The summed E-state index contributed by atoms with van der Waals surface area (Å²) in [7, 11) is 0.875. The van der Waals surface area contributed by atoms with Gasteiger partial charge < -0.3 is 19.2 Å². The summed E-state index contributed by atoms with van der Waals surface area (Å²) in [5.41, 5.74) is 2.69. The van der Waals surface area contributed by atoms with Crippen molar-refractivity contribution < 1.29 is 22.6 Å². The highest BCUT2D eigenvalue weighted by molar-refractivity contribution is 7.95. The van der Waals surface area contributed by atoms with E-state index in [4.69, 9.17) is 14.2 Å². The SMILES string of the molecule is COc1cc(-c2[nH]c3ccccc3c2/C=C(\C#N)S(C)(=O)=O)cc(OC)c1OC. The molecule has 0 aliphatic rings. The normalized spacial score (nSPS) is 11.9. The zero-order valence-corrected chi connectivity index (χ0v) is 17.3. The van der Waals surface area contributed by atoms with Crippen molar-refractivity contribution in [1.82, 2.24) is 4.98 Å². The largest absolute Gasteiger partial charge is 0.493 e. The van der Waals surface area contributed by atoms with Crippen molar-refractivity contribution in [2.45, 2.75) is 0 Å². The van der Waals surface area contributed by atoms with Crippen LogP contribution in [0.15, 0.2) is 41.3 Å². The van der Waals surface area contributed by atoms with E-state index >= 15 is 0 Å². The molecule has 0 amide bonds. The van der Waals surface area contributed by atoms with Crippen molar-refractivity contribution in [2.24, 2.45) is 0 Å². The van der Waals surface area contributed by atoms with E-state index in [9.17, 15) is 13.7 Å². The molecular weight excluding hydrogens is 392 g/mol. The average molecular weight is 412 g/mol. The van der Waals surface area contributed by atoms with Crippen LogP contribution in [0.4, 0.5) is 0 Å². The molecule has 2 aromatic carbocycles. The first-order chi connectivity index (χ1) is 13.8. The van der Waals surface area contributed by atoms with Crippen LogP contribution in [-0.2, 0) is 9.84 Å². The number of methoxy groups -OCH3 is 3. The van der Waals surface area contributed by atoms with Crippen LogP contribution in [0.2, 0.25) is 0 Å². The Bertz CT molecular complexity index is 1220. The number of hydrogen-bond acceptors (Lipinski definition) is 6. The number of rotatable bonds is 6. The molecule has 0 fully saturated rings. The molecule has 0 radical (unpaired) electrons. The van der Waals surface area contributed by atoms with Gasteiger partial charge in [-0.25, -0.2) is 8.42 Å². The number of aromatic nitrogens is 1. The minimum absolute atomic E-state index is 0.323. The van der Waals surface area contributed by atoms with Crippen molar-refractivity contribution in [3.05, 3.63) is 46.9 Å². The number of allylic oxidation sites excluding steroid dienone is 1. The number of benzene rings is 2. The Balaban J connectivity index is 2.37. The predicted octanol–water partition coefficient (Wildman–Crippen LogP) is 3.77. The molecule has 0 unspecified atom stereocenters. The summed E-state index contributed by atoms with van der Waals surface area (Å²) in [6.45, 7) is 0. The number of sulfone groups is 1. The average Bonchev–Trinajstić information content (AvgIpc) is 3.08. The van der Waals surface area contributed by atoms with Crippen LogP contribution in [0.3, 0.4) is 0 Å². The molecule has 150 valence electrons. The van der Waals surface area contributed by atoms with E-state index < -0.39 is 9.84 Å². The van der Waals surface area contributed by atoms with E-state index in [2.05, 4.69) is 4.98 Å². The molecular formula is C21H20N2O5S. The Hall–Kier alpha value is -3.44. The van der Waals surface area contributed by atoms with Gasteiger partial charge in [0.15, 0.2) is 21.3 Å². The Morgan fingerprint density at radius 3 is 2.21 bits per heavy atom. The first-order valence-corrected chi connectivity index (χ1v) is 10.5. The van der Waals surface area contributed by atoms with Gasteiger partial charge in [0.1, 0.15) is 11.0 Å². The highest BCUT2D eigenvalue weighted by Gasteiger charge is 2.20. The summed E-state index contributed by atoms with van der Waals surface area (Å²) < 4.78 is 40.2. The predicted molar refractivity (Wildman–Crippen MR) is 112 cm³/mol. The van der Waals surface area contributed by atoms with Crippen LogP contribution in [0.1, 0.15) is 5.56 Å². The minimum Gasteiger partial charge on any atom is -0.493 e. The van der Waals surface area contributed by atoms with Gasteiger partial charge in [0.05, 0.1) is 27.0 Å². The Morgan fingerprint density at radius 1 is 1.07 bits per heavy atom. The second kappa shape index (κ2) is 7.89. The third-order valence-corrected chi connectivity index (χ3v) is 5.49. The highest BCUT2D eigenvalue weighted by atomic mass is 32.2. The van der Waals surface area contributed by atoms with E-state index in [1.807, 2.05) is 24.3 Å². The number of hydrogen-bond donors (Lipinski definition) is 1. The molecule has 0 aliphatic heterocycles. The minimum atomic E-state index is -3.68. The maximum atomic E-state index is 12.0. The van der Waals surface area contributed by atoms with Gasteiger partial charge in [0.25, 0.3) is 0 Å². The third-order valence-electron chi connectivity index (χ3n) is 4.48. The second-order valence-electron chi connectivity index (χ2n) is 6.27. The van der Waals surface area contributed by atoms with Gasteiger partial charge in [-0.15, -0.1) is 0 Å². The van der Waals surface area contributed by atoms with Crippen molar-refractivity contribution in [3.8, 4) is 34.6 Å². The highest BCUT2D eigenvalue weighted by Crippen LogP contribution is 2.43. The number of nitrogens with zero attached hydrogens (tertiary/aromatic N) is 1. The lowest BCUT2D eigenvalue weighted by Gasteiger charge is -2.14. The molecule has 0 aliphatic carbocycles. The molecule has 0 atom stereocenters. The first-order valence-electron chi connectivity index (χ1n) is 8.57. The quantitative estimate of drug-likeness (QED) is 0.619. The van der Waals surface area contributed by atoms with Gasteiger partial charge in [-0.2, -0.15) is 5.26 Å². The molecule has 1 aromatic heterocycles. The molecule has 0 spiro atoms. The smallest absolute Gasteiger partial charge is 0.203 e. The fourth-order valence-electron chi connectivity index (χ4n) is 3.12. The topological polar surface area (TPSA) is 101 Å². The zero-order valence-electron chi connectivity index (χ0n) is 16.4. The fourth-order valence-corrected chi connectivity index (χ4v) is 3.62. The molecule has 3 rings (SSSR count). The van der Waals surface area contributed by atoms with E-state index in [0.717, 1.165) is 17.2 Å². The summed E-state index contributed by atoms with van der Waals surface area (Å²) in [6, 6.07) is 12.7. The van der Waals surface area contributed by atoms with Gasteiger partial charge in [-0.05, 0) is 24.3 Å². The van der Waals surface area contributed by atoms with Crippen LogP contribution in [0.25, 0.3) is 28.2 Å². The van der Waals surface area contributed by atoms with Gasteiger partial charge in [0, 0.05) is 28.3 Å². The number of H-pyrrole nitrogens is 1. The summed E-state index contributed by atoms with van der Waals surface area (Å²) in [4.78, 5) is 2.98. The van der Waals surface area contributed by atoms with Gasteiger partial charge >= 0.3 is 0 Å². The van der Waals surface area contributed by atoms with Crippen LogP contribution < -0.4 is 14.2 Å². The Labute approximate surface area is 169 Å². The summed E-state index contributed by atoms with van der Waals surface area (Å²) >= 11 is 0. The first kappa shape index (κ1) is 20.3. The molecule has 7 nitrogen and oxygen atoms in total. The van der Waals surface area contributed by atoms with Crippen molar-refractivity contribution in [2.75, 3.05) is 27.6 Å². The van der Waals surface area contributed by atoms with Crippen molar-refractivity contribution in [3.63, 3.8) is 0 Å². The maximum absolute atomic E-state index is 12.0. The van der Waals surface area contributed by atoms with E-state index in [-0.39, 0.29) is 4.91 Å². The molecule has 0 saturated heterocycles. The summed E-state index contributed by atoms with van der Waals surface area (Å²) in [5.74, 6) is 1.36. The van der Waals surface area contributed by atoms with Crippen molar-refractivity contribution >= 4 is 26.8 Å². The monoisotopic (exact) mass is 412 g/mol. The van der Waals surface area contributed by atoms with Gasteiger partial charge in [-0.3, -0.25) is 0 Å². The lowest BCUT2D eigenvalue weighted by Crippen LogP contribution is -1.99. The number of ether oxygens (including phenoxy) is 3. The molecule has 8 heteroatoms. The van der Waals surface area contributed by atoms with Crippen molar-refractivity contribution in [1.29, 1.82) is 5.26 Å². The number of fused-ring (bicyclic) bond motifs is 1. The van der Waals surface area contributed by atoms with Crippen LogP contribution in [0, 0.1) is 11.3 Å². The number of aromatic amines is 1. The van der Waals surface area contributed by atoms with Crippen LogP contribution >= 0.6 is 0 Å². The van der Waals surface area contributed by atoms with Gasteiger partial charge in [0.2, 0.25) is 5.75 Å². The summed E-state index contributed by atoms with van der Waals surface area (Å²) in [5, 5.41) is 10.1. The molecule has 29 heavy (non-hydrogen) atoms. The van der Waals surface area contributed by atoms with E-state index in [1.54, 1.807) is 18.2 Å². The number of nitriles is 1. The standard InChI is InChI=1S/C21H20N2O5S/c1-26-18-9-13(10-19(27-2)21(18)28-3)20-16(11-14(12-22)29(4,24)25)15-7-5-6-8-17(15)23-20/h5-11,23H,1-4H3/b14-11+. The zero-order chi connectivity index (χ0) is 21.2. The molecule has 0 saturated carbocycles. The van der Waals surface area contributed by atoms with Crippen LogP contribution in [0.5, 0.6) is 17.2 Å². The van der Waals surface area contributed by atoms with Crippen LogP contribution in [-0.4, -0.2) is 41.0 Å².